The van der Waals surface area contributed by atoms with Crippen molar-refractivity contribution in [3.63, 3.8) is 0 Å². The number of para-hydroxylation sites is 1. The Hall–Kier alpha value is -2.72. The molecule has 0 aliphatic heterocycles. The SMILES string of the molecule is COc1ccccc1CCNCc1c(OCc2ccccc2Cl)ccc2ccccc12.Cl. The monoisotopic (exact) mass is 467 g/mol. The molecule has 0 unspecified atom stereocenters. The molecule has 4 aromatic rings. The normalized spacial score (nSPS) is 10.6. The van der Waals surface area contributed by atoms with Gasteiger partial charge in [-0.2, -0.15) is 0 Å². The minimum Gasteiger partial charge on any atom is -0.496 e. The van der Waals surface area contributed by atoms with E-state index in [1.165, 1.54) is 16.3 Å². The van der Waals surface area contributed by atoms with Crippen molar-refractivity contribution < 1.29 is 9.47 Å². The van der Waals surface area contributed by atoms with E-state index in [9.17, 15) is 0 Å². The molecule has 4 aromatic carbocycles. The van der Waals surface area contributed by atoms with Gasteiger partial charge >= 0.3 is 0 Å². The summed E-state index contributed by atoms with van der Waals surface area (Å²) < 4.78 is 11.7. The Labute approximate surface area is 200 Å². The predicted molar refractivity (Wildman–Crippen MR) is 135 cm³/mol. The van der Waals surface area contributed by atoms with Crippen molar-refractivity contribution in [1.82, 2.24) is 5.32 Å². The van der Waals surface area contributed by atoms with Gasteiger partial charge in [0.1, 0.15) is 18.1 Å². The van der Waals surface area contributed by atoms with Crippen molar-refractivity contribution in [3.05, 3.63) is 107 Å². The lowest BCUT2D eigenvalue weighted by Crippen LogP contribution is -2.18. The molecule has 0 saturated carbocycles. The molecule has 0 radical (unpaired) electrons. The second-order valence-corrected chi connectivity index (χ2v) is 7.79. The van der Waals surface area contributed by atoms with Crippen LogP contribution in [-0.4, -0.2) is 13.7 Å². The Balaban J connectivity index is 0.00000289. The average molecular weight is 468 g/mol. The van der Waals surface area contributed by atoms with E-state index in [0.29, 0.717) is 13.2 Å². The fourth-order valence-electron chi connectivity index (χ4n) is 3.75. The number of nitrogens with one attached hydrogen (secondary N) is 1. The quantitative estimate of drug-likeness (QED) is 0.273. The summed E-state index contributed by atoms with van der Waals surface area (Å²) in [6.07, 6.45) is 0.893. The standard InChI is InChI=1S/C27H26ClNO2.ClH/c1-30-26-13-7-4-9-21(26)16-17-29-18-24-23-11-5-2-8-20(23)14-15-27(24)31-19-22-10-3-6-12-25(22)28;/h2-15,29H,16-19H2,1H3;1H. The number of hydrogen-bond acceptors (Lipinski definition) is 3. The first kappa shape index (κ1) is 23.9. The second kappa shape index (κ2) is 11.8. The van der Waals surface area contributed by atoms with Crippen LogP contribution >= 0.6 is 24.0 Å². The maximum Gasteiger partial charge on any atom is 0.124 e. The third kappa shape index (κ3) is 5.74. The van der Waals surface area contributed by atoms with E-state index in [4.69, 9.17) is 21.1 Å². The molecule has 0 atom stereocenters. The number of halogens is 2. The summed E-state index contributed by atoms with van der Waals surface area (Å²) in [5, 5.41) is 6.70. The summed E-state index contributed by atoms with van der Waals surface area (Å²) in [4.78, 5) is 0. The van der Waals surface area contributed by atoms with Crippen molar-refractivity contribution in [3.8, 4) is 11.5 Å². The van der Waals surface area contributed by atoms with Crippen LogP contribution in [0.4, 0.5) is 0 Å². The molecule has 4 rings (SSSR count). The van der Waals surface area contributed by atoms with Gasteiger partial charge in [0.05, 0.1) is 7.11 Å². The molecule has 0 amide bonds. The van der Waals surface area contributed by atoms with Crippen LogP contribution in [0.1, 0.15) is 16.7 Å². The highest BCUT2D eigenvalue weighted by Crippen LogP contribution is 2.29. The van der Waals surface area contributed by atoms with Crippen LogP contribution in [0.2, 0.25) is 5.02 Å². The molecule has 0 saturated heterocycles. The zero-order valence-corrected chi connectivity index (χ0v) is 19.6. The lowest BCUT2D eigenvalue weighted by molar-refractivity contribution is 0.303. The van der Waals surface area contributed by atoms with Crippen LogP contribution < -0.4 is 14.8 Å². The minimum atomic E-state index is 0. The predicted octanol–water partition coefficient (Wildman–Crippen LogP) is 6.83. The molecule has 32 heavy (non-hydrogen) atoms. The molecule has 0 aromatic heterocycles. The Morgan fingerprint density at radius 1 is 0.781 bits per heavy atom. The van der Waals surface area contributed by atoms with E-state index in [-0.39, 0.29) is 12.4 Å². The van der Waals surface area contributed by atoms with Crippen molar-refractivity contribution in [1.29, 1.82) is 0 Å². The first-order valence-corrected chi connectivity index (χ1v) is 10.8. The highest BCUT2D eigenvalue weighted by molar-refractivity contribution is 6.31. The van der Waals surface area contributed by atoms with E-state index in [1.807, 2.05) is 42.5 Å². The second-order valence-electron chi connectivity index (χ2n) is 7.38. The van der Waals surface area contributed by atoms with E-state index >= 15 is 0 Å². The van der Waals surface area contributed by atoms with Gasteiger partial charge in [-0.1, -0.05) is 78.3 Å². The molecule has 0 aliphatic carbocycles. The Morgan fingerprint density at radius 3 is 2.31 bits per heavy atom. The smallest absolute Gasteiger partial charge is 0.124 e. The summed E-state index contributed by atoms with van der Waals surface area (Å²) in [6, 6.07) is 28.5. The van der Waals surface area contributed by atoms with Crippen LogP contribution in [0.15, 0.2) is 84.9 Å². The molecule has 3 nitrogen and oxygen atoms in total. The maximum absolute atomic E-state index is 6.31. The summed E-state index contributed by atoms with van der Waals surface area (Å²) in [5.74, 6) is 1.81. The zero-order chi connectivity index (χ0) is 21.5. The van der Waals surface area contributed by atoms with Gasteiger partial charge in [0.15, 0.2) is 0 Å². The number of hydrogen-bond donors (Lipinski definition) is 1. The Morgan fingerprint density at radius 2 is 1.50 bits per heavy atom. The van der Waals surface area contributed by atoms with Crippen LogP contribution in [0, 0.1) is 0 Å². The molecule has 1 N–H and O–H groups in total. The first-order valence-electron chi connectivity index (χ1n) is 10.5. The molecule has 0 heterocycles. The first-order chi connectivity index (χ1) is 15.3. The van der Waals surface area contributed by atoms with Gasteiger partial charge in [-0.3, -0.25) is 0 Å². The van der Waals surface area contributed by atoms with Gasteiger partial charge in [-0.15, -0.1) is 12.4 Å². The third-order valence-electron chi connectivity index (χ3n) is 5.40. The molecule has 0 fully saturated rings. The summed E-state index contributed by atoms with van der Waals surface area (Å²) in [6.45, 7) is 1.99. The van der Waals surface area contributed by atoms with Crippen molar-refractivity contribution >= 4 is 34.8 Å². The zero-order valence-electron chi connectivity index (χ0n) is 18.0. The topological polar surface area (TPSA) is 30.5 Å². The van der Waals surface area contributed by atoms with Crippen molar-refractivity contribution in [2.45, 2.75) is 19.6 Å². The summed E-state index contributed by atoms with van der Waals surface area (Å²) >= 11 is 6.31. The van der Waals surface area contributed by atoms with Crippen LogP contribution in [0.25, 0.3) is 10.8 Å². The number of fused-ring (bicyclic) bond motifs is 1. The van der Waals surface area contributed by atoms with Crippen LogP contribution in [-0.2, 0) is 19.6 Å². The van der Waals surface area contributed by atoms with E-state index in [1.54, 1.807) is 7.11 Å². The van der Waals surface area contributed by atoms with Gasteiger partial charge in [0.2, 0.25) is 0 Å². The third-order valence-corrected chi connectivity index (χ3v) is 5.77. The molecule has 0 spiro atoms. The van der Waals surface area contributed by atoms with Gasteiger partial charge < -0.3 is 14.8 Å². The fraction of sp³-hybridized carbons (Fsp3) is 0.185. The fourth-order valence-corrected chi connectivity index (χ4v) is 3.94. The summed E-state index contributed by atoms with van der Waals surface area (Å²) in [7, 11) is 1.71. The number of methoxy groups -OCH3 is 1. The molecular weight excluding hydrogens is 441 g/mol. The lowest BCUT2D eigenvalue weighted by atomic mass is 10.0. The van der Waals surface area contributed by atoms with E-state index in [2.05, 4.69) is 47.8 Å². The number of ether oxygens (including phenoxy) is 2. The van der Waals surface area contributed by atoms with Crippen molar-refractivity contribution in [2.24, 2.45) is 0 Å². The highest BCUT2D eigenvalue weighted by Gasteiger charge is 2.10. The molecule has 5 heteroatoms. The summed E-state index contributed by atoms with van der Waals surface area (Å²) in [5.41, 5.74) is 3.34. The number of benzene rings is 4. The Kier molecular flexibility index (Phi) is 8.81. The van der Waals surface area contributed by atoms with Crippen LogP contribution in [0.5, 0.6) is 11.5 Å². The highest BCUT2D eigenvalue weighted by atomic mass is 35.5. The molecular formula is C27H27Cl2NO2. The van der Waals surface area contributed by atoms with Crippen LogP contribution in [0.3, 0.4) is 0 Å². The van der Waals surface area contributed by atoms with Gasteiger partial charge in [0, 0.05) is 22.7 Å². The van der Waals surface area contributed by atoms with E-state index in [0.717, 1.165) is 40.6 Å². The van der Waals surface area contributed by atoms with Gasteiger partial charge in [-0.25, -0.2) is 0 Å². The number of rotatable bonds is 9. The maximum atomic E-state index is 6.31. The lowest BCUT2D eigenvalue weighted by Gasteiger charge is -2.16. The molecule has 166 valence electrons. The molecule has 0 aliphatic rings. The average Bonchev–Trinajstić information content (AvgIpc) is 2.82. The minimum absolute atomic E-state index is 0. The van der Waals surface area contributed by atoms with Gasteiger partial charge in [-0.05, 0) is 47.5 Å². The van der Waals surface area contributed by atoms with Crippen molar-refractivity contribution in [2.75, 3.05) is 13.7 Å². The van der Waals surface area contributed by atoms with Gasteiger partial charge in [0.25, 0.3) is 0 Å². The molecule has 0 bridgehead atoms. The Bertz CT molecular complexity index is 1160. The largest absolute Gasteiger partial charge is 0.496 e. The van der Waals surface area contributed by atoms with E-state index < -0.39 is 0 Å².